The van der Waals surface area contributed by atoms with Gasteiger partial charge in [0.25, 0.3) is 0 Å². The van der Waals surface area contributed by atoms with Crippen molar-refractivity contribution in [1.82, 2.24) is 10.2 Å². The van der Waals surface area contributed by atoms with Gasteiger partial charge in [0.1, 0.15) is 0 Å². The number of benzene rings is 2. The SMILES string of the molecule is Nc1ccccc1-c1nnc(-c2cccc(C(F)(F)F)c2)o1. The van der Waals surface area contributed by atoms with Gasteiger partial charge in [0.05, 0.1) is 11.1 Å². The number of anilines is 1. The van der Waals surface area contributed by atoms with Crippen molar-refractivity contribution in [2.24, 2.45) is 0 Å². The van der Waals surface area contributed by atoms with Gasteiger partial charge >= 0.3 is 6.18 Å². The molecule has 0 atom stereocenters. The topological polar surface area (TPSA) is 64.9 Å². The predicted octanol–water partition coefficient (Wildman–Crippen LogP) is 4.00. The Morgan fingerprint density at radius 2 is 1.64 bits per heavy atom. The standard InChI is InChI=1S/C15H10F3N3O/c16-15(17,18)10-5-3-4-9(8-10)13-20-21-14(22-13)11-6-1-2-7-12(11)19/h1-8H,19H2. The van der Waals surface area contributed by atoms with Crippen LogP contribution in [0.4, 0.5) is 18.9 Å². The number of halogens is 3. The van der Waals surface area contributed by atoms with Crippen LogP contribution in [-0.2, 0) is 6.18 Å². The molecular formula is C15H10F3N3O. The summed E-state index contributed by atoms with van der Waals surface area (Å²) in [4.78, 5) is 0. The van der Waals surface area contributed by atoms with Gasteiger partial charge < -0.3 is 10.2 Å². The average Bonchev–Trinajstić information content (AvgIpc) is 2.97. The van der Waals surface area contributed by atoms with Gasteiger partial charge in [-0.2, -0.15) is 13.2 Å². The van der Waals surface area contributed by atoms with E-state index in [1.807, 2.05) is 0 Å². The lowest BCUT2D eigenvalue weighted by atomic mass is 10.1. The molecule has 0 saturated heterocycles. The van der Waals surface area contributed by atoms with Crippen LogP contribution >= 0.6 is 0 Å². The molecule has 0 aliphatic heterocycles. The zero-order chi connectivity index (χ0) is 15.7. The molecule has 2 aromatic carbocycles. The summed E-state index contributed by atoms with van der Waals surface area (Å²) in [7, 11) is 0. The fourth-order valence-corrected chi connectivity index (χ4v) is 1.97. The van der Waals surface area contributed by atoms with Crippen LogP contribution in [0.5, 0.6) is 0 Å². The zero-order valence-electron chi connectivity index (χ0n) is 11.1. The van der Waals surface area contributed by atoms with Crippen molar-refractivity contribution in [3.05, 3.63) is 54.1 Å². The smallest absolute Gasteiger partial charge is 0.416 e. The van der Waals surface area contributed by atoms with E-state index in [2.05, 4.69) is 10.2 Å². The van der Waals surface area contributed by atoms with E-state index in [4.69, 9.17) is 10.2 Å². The summed E-state index contributed by atoms with van der Waals surface area (Å²) in [5.41, 5.74) is 6.21. The molecule has 1 heterocycles. The van der Waals surface area contributed by atoms with Gasteiger partial charge in [-0.05, 0) is 30.3 Å². The molecule has 0 aliphatic rings. The first-order chi connectivity index (χ1) is 10.4. The molecule has 1 aromatic heterocycles. The average molecular weight is 305 g/mol. The maximum Gasteiger partial charge on any atom is 0.416 e. The third-order valence-electron chi connectivity index (χ3n) is 3.05. The molecule has 0 aliphatic carbocycles. The van der Waals surface area contributed by atoms with Crippen molar-refractivity contribution in [2.75, 3.05) is 5.73 Å². The molecule has 7 heteroatoms. The number of nitrogens with two attached hydrogens (primary N) is 1. The van der Waals surface area contributed by atoms with Crippen LogP contribution in [0.2, 0.25) is 0 Å². The molecule has 0 spiro atoms. The third kappa shape index (κ3) is 2.65. The maximum atomic E-state index is 12.7. The molecule has 0 amide bonds. The number of alkyl halides is 3. The van der Waals surface area contributed by atoms with E-state index < -0.39 is 11.7 Å². The maximum absolute atomic E-state index is 12.7. The molecule has 2 N–H and O–H groups in total. The fraction of sp³-hybridized carbons (Fsp3) is 0.0667. The van der Waals surface area contributed by atoms with E-state index in [0.717, 1.165) is 12.1 Å². The van der Waals surface area contributed by atoms with Crippen molar-refractivity contribution in [2.45, 2.75) is 6.18 Å². The van der Waals surface area contributed by atoms with Crippen molar-refractivity contribution in [3.8, 4) is 22.9 Å². The highest BCUT2D eigenvalue weighted by atomic mass is 19.4. The Labute approximate surface area is 123 Å². The molecule has 3 rings (SSSR count). The van der Waals surface area contributed by atoms with Crippen LogP contribution in [0.1, 0.15) is 5.56 Å². The fourth-order valence-electron chi connectivity index (χ4n) is 1.97. The molecule has 112 valence electrons. The third-order valence-corrected chi connectivity index (χ3v) is 3.05. The molecule has 4 nitrogen and oxygen atoms in total. The van der Waals surface area contributed by atoms with Crippen LogP contribution in [0.3, 0.4) is 0 Å². The lowest BCUT2D eigenvalue weighted by Gasteiger charge is -2.06. The van der Waals surface area contributed by atoms with E-state index in [1.54, 1.807) is 24.3 Å². The molecule has 0 radical (unpaired) electrons. The summed E-state index contributed by atoms with van der Waals surface area (Å²) < 4.78 is 43.6. The van der Waals surface area contributed by atoms with Gasteiger partial charge in [-0.15, -0.1) is 10.2 Å². The van der Waals surface area contributed by atoms with Crippen molar-refractivity contribution < 1.29 is 17.6 Å². The number of rotatable bonds is 2. The first-order valence-corrected chi connectivity index (χ1v) is 6.31. The van der Waals surface area contributed by atoms with Gasteiger partial charge in [-0.3, -0.25) is 0 Å². The quantitative estimate of drug-likeness (QED) is 0.727. The summed E-state index contributed by atoms with van der Waals surface area (Å²) in [6.45, 7) is 0. The van der Waals surface area contributed by atoms with Gasteiger partial charge in [0.2, 0.25) is 11.8 Å². The Morgan fingerprint density at radius 3 is 2.36 bits per heavy atom. The molecule has 0 saturated carbocycles. The molecule has 22 heavy (non-hydrogen) atoms. The minimum Gasteiger partial charge on any atom is -0.416 e. The Hall–Kier alpha value is -2.83. The summed E-state index contributed by atoms with van der Waals surface area (Å²) in [6.07, 6.45) is -4.43. The predicted molar refractivity (Wildman–Crippen MR) is 74.6 cm³/mol. The number of nitrogen functional groups attached to an aromatic ring is 1. The molecule has 0 bridgehead atoms. The van der Waals surface area contributed by atoms with Crippen molar-refractivity contribution in [3.63, 3.8) is 0 Å². The van der Waals surface area contributed by atoms with Gasteiger partial charge in [-0.25, -0.2) is 0 Å². The second-order valence-electron chi connectivity index (χ2n) is 4.58. The minimum atomic E-state index is -4.43. The van der Waals surface area contributed by atoms with E-state index in [-0.39, 0.29) is 17.3 Å². The molecule has 0 fully saturated rings. The number of hydrogen-bond donors (Lipinski definition) is 1. The van der Waals surface area contributed by atoms with Crippen LogP contribution < -0.4 is 5.73 Å². The van der Waals surface area contributed by atoms with E-state index in [1.165, 1.54) is 12.1 Å². The molecule has 0 unspecified atom stereocenters. The second-order valence-corrected chi connectivity index (χ2v) is 4.58. The van der Waals surface area contributed by atoms with Crippen LogP contribution in [0.15, 0.2) is 52.9 Å². The molecular weight excluding hydrogens is 295 g/mol. The van der Waals surface area contributed by atoms with E-state index in [0.29, 0.717) is 11.3 Å². The van der Waals surface area contributed by atoms with Crippen molar-refractivity contribution >= 4 is 5.69 Å². The summed E-state index contributed by atoms with van der Waals surface area (Å²) in [5.74, 6) is 0.162. The number of para-hydroxylation sites is 1. The lowest BCUT2D eigenvalue weighted by Crippen LogP contribution is -2.04. The largest absolute Gasteiger partial charge is 0.416 e. The lowest BCUT2D eigenvalue weighted by molar-refractivity contribution is -0.137. The Morgan fingerprint density at radius 1 is 0.909 bits per heavy atom. The highest BCUT2D eigenvalue weighted by Crippen LogP contribution is 2.33. The Bertz CT molecular complexity index is 812. The van der Waals surface area contributed by atoms with Crippen LogP contribution in [0, 0.1) is 0 Å². The zero-order valence-corrected chi connectivity index (χ0v) is 11.1. The second kappa shape index (κ2) is 5.18. The minimum absolute atomic E-state index is 0.00403. The number of hydrogen-bond acceptors (Lipinski definition) is 4. The highest BCUT2D eigenvalue weighted by Gasteiger charge is 2.30. The monoisotopic (exact) mass is 305 g/mol. The van der Waals surface area contributed by atoms with E-state index in [9.17, 15) is 13.2 Å². The van der Waals surface area contributed by atoms with Gasteiger partial charge in [0, 0.05) is 11.3 Å². The summed E-state index contributed by atoms with van der Waals surface area (Å²) in [5, 5.41) is 7.63. The highest BCUT2D eigenvalue weighted by molar-refractivity contribution is 5.70. The first kappa shape index (κ1) is 14.1. The van der Waals surface area contributed by atoms with Crippen molar-refractivity contribution in [1.29, 1.82) is 0 Å². The normalized spacial score (nSPS) is 11.6. The molecule has 3 aromatic rings. The van der Waals surface area contributed by atoms with Crippen LogP contribution in [-0.4, -0.2) is 10.2 Å². The number of aromatic nitrogens is 2. The Kier molecular flexibility index (Phi) is 3.32. The summed E-state index contributed by atoms with van der Waals surface area (Å²) >= 11 is 0. The van der Waals surface area contributed by atoms with Gasteiger partial charge in [0.15, 0.2) is 0 Å². The first-order valence-electron chi connectivity index (χ1n) is 6.31. The van der Waals surface area contributed by atoms with Crippen LogP contribution in [0.25, 0.3) is 22.9 Å². The van der Waals surface area contributed by atoms with E-state index >= 15 is 0 Å². The number of nitrogens with zero attached hydrogens (tertiary/aromatic N) is 2. The Balaban J connectivity index is 2.00. The summed E-state index contributed by atoms with van der Waals surface area (Å²) in [6, 6.07) is 11.6. The van der Waals surface area contributed by atoms with Gasteiger partial charge in [-0.1, -0.05) is 18.2 Å².